The molecule has 1 amide bonds. The van der Waals surface area contributed by atoms with Gasteiger partial charge in [-0.2, -0.15) is 0 Å². The number of fused-ring (bicyclic) bond motifs is 1. The van der Waals surface area contributed by atoms with Crippen LogP contribution in [0.1, 0.15) is 5.56 Å². The van der Waals surface area contributed by atoms with E-state index in [1.807, 2.05) is 13.0 Å². The summed E-state index contributed by atoms with van der Waals surface area (Å²) in [5, 5.41) is 3.18. The molecule has 0 saturated heterocycles. The summed E-state index contributed by atoms with van der Waals surface area (Å²) < 4.78 is 28.1. The molecule has 5 nitrogen and oxygen atoms in total. The molecule has 26 heavy (non-hydrogen) atoms. The van der Waals surface area contributed by atoms with Crippen LogP contribution in [0.25, 0.3) is 10.9 Å². The van der Waals surface area contributed by atoms with Crippen molar-refractivity contribution in [3.05, 3.63) is 63.9 Å². The first-order valence-electron chi connectivity index (χ1n) is 7.70. The first-order chi connectivity index (χ1) is 12.3. The Balaban J connectivity index is 1.78. The topological polar surface area (TPSA) is 64.0 Å². The number of hydrogen-bond acceptors (Lipinski definition) is 4. The van der Waals surface area contributed by atoms with Gasteiger partial charge in [0.15, 0.2) is 5.16 Å². The maximum Gasteiger partial charge on any atom is 0.261 e. The first kappa shape index (κ1) is 18.1. The number of anilines is 1. The number of hydrogen-bond donors (Lipinski definition) is 1. The monoisotopic (exact) mass is 375 g/mol. The molecule has 0 aliphatic heterocycles. The third kappa shape index (κ3) is 3.75. The third-order valence-electron chi connectivity index (χ3n) is 3.72. The summed E-state index contributed by atoms with van der Waals surface area (Å²) in [6, 6.07) is 8.18. The summed E-state index contributed by atoms with van der Waals surface area (Å²) in [4.78, 5) is 28.9. The van der Waals surface area contributed by atoms with Crippen molar-refractivity contribution in [2.24, 2.45) is 7.05 Å². The van der Waals surface area contributed by atoms with Crippen LogP contribution >= 0.6 is 11.8 Å². The molecule has 0 atom stereocenters. The van der Waals surface area contributed by atoms with Crippen LogP contribution in [0.5, 0.6) is 0 Å². The Kier molecular flexibility index (Phi) is 5.03. The van der Waals surface area contributed by atoms with Gasteiger partial charge in [-0.15, -0.1) is 0 Å². The molecule has 1 heterocycles. The normalized spacial score (nSPS) is 10.9. The molecule has 3 aromatic rings. The zero-order valence-electron chi connectivity index (χ0n) is 14.0. The van der Waals surface area contributed by atoms with E-state index < -0.39 is 17.5 Å². The number of nitrogens with one attached hydrogen (secondary N) is 1. The number of carbonyl (C=O) groups excluding carboxylic acids is 1. The van der Waals surface area contributed by atoms with Crippen molar-refractivity contribution in [3.63, 3.8) is 0 Å². The first-order valence-corrected chi connectivity index (χ1v) is 8.69. The van der Waals surface area contributed by atoms with Gasteiger partial charge < -0.3 is 5.32 Å². The summed E-state index contributed by atoms with van der Waals surface area (Å²) in [6.07, 6.45) is 0. The second kappa shape index (κ2) is 7.25. The number of aryl methyl sites for hydroxylation is 1. The number of nitrogens with zero attached hydrogens (tertiary/aromatic N) is 2. The van der Waals surface area contributed by atoms with E-state index in [-0.39, 0.29) is 17.0 Å². The highest BCUT2D eigenvalue weighted by atomic mass is 32.2. The van der Waals surface area contributed by atoms with Gasteiger partial charge in [0, 0.05) is 13.1 Å². The van der Waals surface area contributed by atoms with Gasteiger partial charge in [0.2, 0.25) is 5.91 Å². The second-order valence-electron chi connectivity index (χ2n) is 5.74. The van der Waals surface area contributed by atoms with Crippen LogP contribution in [-0.4, -0.2) is 21.2 Å². The van der Waals surface area contributed by atoms with Crippen molar-refractivity contribution < 1.29 is 13.6 Å². The van der Waals surface area contributed by atoms with E-state index >= 15 is 0 Å². The van der Waals surface area contributed by atoms with Crippen LogP contribution in [0, 0.1) is 18.6 Å². The van der Waals surface area contributed by atoms with E-state index in [2.05, 4.69) is 10.3 Å². The van der Waals surface area contributed by atoms with E-state index in [4.69, 9.17) is 0 Å². The summed E-state index contributed by atoms with van der Waals surface area (Å²) in [5.41, 5.74) is 1.05. The molecule has 1 aromatic heterocycles. The van der Waals surface area contributed by atoms with Gasteiger partial charge >= 0.3 is 0 Å². The van der Waals surface area contributed by atoms with Crippen molar-refractivity contribution in [1.29, 1.82) is 0 Å². The minimum Gasteiger partial charge on any atom is -0.323 e. The van der Waals surface area contributed by atoms with E-state index in [9.17, 15) is 18.4 Å². The van der Waals surface area contributed by atoms with Crippen molar-refractivity contribution in [2.45, 2.75) is 12.1 Å². The largest absolute Gasteiger partial charge is 0.323 e. The Labute approximate surface area is 152 Å². The maximum absolute atomic E-state index is 13.6. The molecule has 1 N–H and O–H groups in total. The Morgan fingerprint density at radius 1 is 1.23 bits per heavy atom. The summed E-state index contributed by atoms with van der Waals surface area (Å²) in [5.74, 6) is -2.01. The second-order valence-corrected chi connectivity index (χ2v) is 6.68. The lowest BCUT2D eigenvalue weighted by Crippen LogP contribution is -2.21. The molecular weight excluding hydrogens is 360 g/mol. The van der Waals surface area contributed by atoms with Gasteiger partial charge in [0.05, 0.1) is 22.3 Å². The quantitative estimate of drug-likeness (QED) is 0.562. The molecule has 0 bridgehead atoms. The molecule has 8 heteroatoms. The average molecular weight is 375 g/mol. The molecule has 0 fully saturated rings. The zero-order valence-corrected chi connectivity index (χ0v) is 14.9. The van der Waals surface area contributed by atoms with Gasteiger partial charge in [-0.1, -0.05) is 23.4 Å². The smallest absolute Gasteiger partial charge is 0.261 e. The molecule has 0 aliphatic rings. The molecule has 0 radical (unpaired) electrons. The number of carbonyl (C=O) groups is 1. The lowest BCUT2D eigenvalue weighted by Gasteiger charge is -2.10. The predicted octanol–water partition coefficient (Wildman–Crippen LogP) is 3.25. The lowest BCUT2D eigenvalue weighted by molar-refractivity contribution is -0.113. The van der Waals surface area contributed by atoms with Gasteiger partial charge in [0.25, 0.3) is 5.56 Å². The highest BCUT2D eigenvalue weighted by Crippen LogP contribution is 2.19. The number of amides is 1. The number of halogens is 2. The SMILES string of the molecule is Cc1ccc2nc(SCC(=O)Nc3cc(F)ccc3F)n(C)c(=O)c2c1. The number of rotatable bonds is 4. The summed E-state index contributed by atoms with van der Waals surface area (Å²) >= 11 is 1.04. The van der Waals surface area contributed by atoms with Crippen LogP contribution in [0.3, 0.4) is 0 Å². The molecule has 0 saturated carbocycles. The minimum absolute atomic E-state index is 0.104. The van der Waals surface area contributed by atoms with Crippen molar-refractivity contribution in [3.8, 4) is 0 Å². The van der Waals surface area contributed by atoms with Gasteiger partial charge in [0.1, 0.15) is 11.6 Å². The maximum atomic E-state index is 13.6. The molecular formula is C18H15F2N3O2S. The molecule has 2 aromatic carbocycles. The molecule has 3 rings (SSSR count). The van der Waals surface area contributed by atoms with Crippen LogP contribution in [0.2, 0.25) is 0 Å². The number of aromatic nitrogens is 2. The highest BCUT2D eigenvalue weighted by molar-refractivity contribution is 7.99. The van der Waals surface area contributed by atoms with Gasteiger partial charge in [-0.25, -0.2) is 13.8 Å². The lowest BCUT2D eigenvalue weighted by atomic mass is 10.2. The molecule has 0 spiro atoms. The van der Waals surface area contributed by atoms with Crippen molar-refractivity contribution >= 4 is 34.3 Å². The number of benzene rings is 2. The van der Waals surface area contributed by atoms with Crippen LogP contribution in [-0.2, 0) is 11.8 Å². The fourth-order valence-electron chi connectivity index (χ4n) is 2.40. The molecule has 0 aliphatic carbocycles. The fraction of sp³-hybridized carbons (Fsp3) is 0.167. The van der Waals surface area contributed by atoms with E-state index in [1.165, 1.54) is 4.57 Å². The molecule has 134 valence electrons. The predicted molar refractivity (Wildman–Crippen MR) is 97.4 cm³/mol. The van der Waals surface area contributed by atoms with Crippen LogP contribution in [0.15, 0.2) is 46.3 Å². The number of thioether (sulfide) groups is 1. The van der Waals surface area contributed by atoms with Crippen molar-refractivity contribution in [1.82, 2.24) is 9.55 Å². The Morgan fingerprint density at radius 3 is 2.77 bits per heavy atom. The van der Waals surface area contributed by atoms with E-state index in [1.54, 1.807) is 19.2 Å². The van der Waals surface area contributed by atoms with Gasteiger partial charge in [-0.05, 0) is 31.2 Å². The highest BCUT2D eigenvalue weighted by Gasteiger charge is 2.13. The summed E-state index contributed by atoms with van der Waals surface area (Å²) in [7, 11) is 1.57. The van der Waals surface area contributed by atoms with Gasteiger partial charge in [-0.3, -0.25) is 14.2 Å². The van der Waals surface area contributed by atoms with Crippen LogP contribution in [0.4, 0.5) is 14.5 Å². The summed E-state index contributed by atoms with van der Waals surface area (Å²) in [6.45, 7) is 1.89. The standard InChI is InChI=1S/C18H15F2N3O2S/c1-10-3-6-14-12(7-10)17(25)23(2)18(22-14)26-9-16(24)21-15-8-11(19)4-5-13(15)20/h3-8H,9H2,1-2H3,(H,21,24). The Morgan fingerprint density at radius 2 is 2.00 bits per heavy atom. The average Bonchev–Trinajstić information content (AvgIpc) is 2.60. The third-order valence-corrected chi connectivity index (χ3v) is 4.75. The molecule has 0 unspecified atom stereocenters. The zero-order chi connectivity index (χ0) is 18.8. The van der Waals surface area contributed by atoms with Crippen LogP contribution < -0.4 is 10.9 Å². The Hall–Kier alpha value is -2.74. The minimum atomic E-state index is -0.726. The van der Waals surface area contributed by atoms with E-state index in [0.717, 1.165) is 35.5 Å². The van der Waals surface area contributed by atoms with Crippen molar-refractivity contribution in [2.75, 3.05) is 11.1 Å². The Bertz CT molecular complexity index is 1070. The van der Waals surface area contributed by atoms with E-state index in [0.29, 0.717) is 16.1 Å². The fourth-order valence-corrected chi connectivity index (χ4v) is 3.17.